The lowest BCUT2D eigenvalue weighted by atomic mass is 10.0. The van der Waals surface area contributed by atoms with Gasteiger partial charge in [-0.3, -0.25) is 0 Å². The minimum atomic E-state index is -3.82. The Morgan fingerprint density at radius 2 is 2.05 bits per heavy atom. The molecule has 1 aromatic heterocycles. The zero-order chi connectivity index (χ0) is 14.8. The van der Waals surface area contributed by atoms with Crippen LogP contribution in [0.2, 0.25) is 0 Å². The highest BCUT2D eigenvalue weighted by Gasteiger charge is 2.27. The monoisotopic (exact) mass is 290 g/mol. The van der Waals surface area contributed by atoms with Crippen LogP contribution in [-0.4, -0.2) is 41.3 Å². The lowest BCUT2D eigenvalue weighted by Gasteiger charge is -2.24. The first-order valence-corrected chi connectivity index (χ1v) is 7.12. The van der Waals surface area contributed by atoms with Crippen LogP contribution in [0.25, 0.3) is 0 Å². The summed E-state index contributed by atoms with van der Waals surface area (Å²) in [6.45, 7) is 3.13. The summed E-state index contributed by atoms with van der Waals surface area (Å²) in [5.41, 5.74) is -0.923. The van der Waals surface area contributed by atoms with E-state index >= 15 is 0 Å². The van der Waals surface area contributed by atoms with Crippen molar-refractivity contribution in [3.05, 3.63) is 18.0 Å². The Hall–Kier alpha value is -1.38. The molecular formula is C11H18N2O5S. The van der Waals surface area contributed by atoms with Crippen LogP contribution in [0.3, 0.4) is 0 Å². The van der Waals surface area contributed by atoms with Gasteiger partial charge in [-0.25, -0.2) is 17.9 Å². The van der Waals surface area contributed by atoms with Crippen molar-refractivity contribution in [2.45, 2.75) is 30.7 Å². The number of nitrogens with zero attached hydrogens (tertiary/aromatic N) is 1. The Morgan fingerprint density at radius 1 is 1.47 bits per heavy atom. The molecule has 1 aromatic rings. The summed E-state index contributed by atoms with van der Waals surface area (Å²) in [6.07, 6.45) is 1.49. The number of aromatic carboxylic acids is 1. The molecule has 8 heteroatoms. The maximum atomic E-state index is 12.1. The standard InChI is InChI=1S/C11H18N2O5S/c1-11(2,4-5-14)12-19(17,18)8-6-9(10(15)16)13(3)7-8/h6-7,12,14H,4-5H2,1-3H3,(H,15,16). The number of rotatable bonds is 6. The lowest BCUT2D eigenvalue weighted by molar-refractivity contribution is 0.0686. The fourth-order valence-electron chi connectivity index (χ4n) is 1.65. The van der Waals surface area contributed by atoms with E-state index < -0.39 is 21.5 Å². The van der Waals surface area contributed by atoms with Gasteiger partial charge in [0.2, 0.25) is 10.0 Å². The highest BCUT2D eigenvalue weighted by atomic mass is 32.2. The number of carbonyl (C=O) groups is 1. The van der Waals surface area contributed by atoms with Gasteiger partial charge in [-0.1, -0.05) is 0 Å². The molecule has 0 aliphatic heterocycles. The Morgan fingerprint density at radius 3 is 2.47 bits per heavy atom. The summed E-state index contributed by atoms with van der Waals surface area (Å²) in [6, 6.07) is 1.10. The number of nitrogens with one attached hydrogen (secondary N) is 1. The van der Waals surface area contributed by atoms with Crippen molar-refractivity contribution < 1.29 is 23.4 Å². The van der Waals surface area contributed by atoms with Crippen LogP contribution < -0.4 is 4.72 Å². The molecule has 0 saturated heterocycles. The minimum Gasteiger partial charge on any atom is -0.477 e. The largest absolute Gasteiger partial charge is 0.477 e. The second-order valence-electron chi connectivity index (χ2n) is 4.94. The number of carboxylic acid groups (broad SMARTS) is 1. The molecule has 0 saturated carbocycles. The van der Waals surface area contributed by atoms with Gasteiger partial charge in [0.25, 0.3) is 0 Å². The van der Waals surface area contributed by atoms with E-state index in [1.165, 1.54) is 17.8 Å². The van der Waals surface area contributed by atoms with Crippen molar-refractivity contribution >= 4 is 16.0 Å². The molecule has 1 rings (SSSR count). The molecule has 0 bridgehead atoms. The fraction of sp³-hybridized carbons (Fsp3) is 0.545. The molecule has 0 unspecified atom stereocenters. The SMILES string of the molecule is Cn1cc(S(=O)(=O)NC(C)(C)CCO)cc1C(=O)O. The van der Waals surface area contributed by atoms with E-state index in [0.717, 1.165) is 6.07 Å². The Kier molecular flexibility index (Phi) is 4.39. The van der Waals surface area contributed by atoms with E-state index in [1.807, 2.05) is 0 Å². The minimum absolute atomic E-state index is 0.111. The van der Waals surface area contributed by atoms with Gasteiger partial charge in [0.1, 0.15) is 10.6 Å². The van der Waals surface area contributed by atoms with E-state index in [-0.39, 0.29) is 23.6 Å². The summed E-state index contributed by atoms with van der Waals surface area (Å²) in [5.74, 6) is -1.20. The summed E-state index contributed by atoms with van der Waals surface area (Å²) in [4.78, 5) is 10.8. The van der Waals surface area contributed by atoms with Crippen LogP contribution in [0.15, 0.2) is 17.2 Å². The third-order valence-corrected chi connectivity index (χ3v) is 4.32. The Bertz CT molecular complexity index is 574. The number of aliphatic hydroxyl groups is 1. The third-order valence-electron chi connectivity index (χ3n) is 2.66. The summed E-state index contributed by atoms with van der Waals surface area (Å²) >= 11 is 0. The molecule has 0 radical (unpaired) electrons. The first-order chi connectivity index (χ1) is 8.59. The normalized spacial score (nSPS) is 12.6. The van der Waals surface area contributed by atoms with Crippen LogP contribution in [0.5, 0.6) is 0 Å². The van der Waals surface area contributed by atoms with Crippen molar-refractivity contribution in [2.24, 2.45) is 7.05 Å². The molecule has 0 amide bonds. The Balaban J connectivity index is 3.08. The second-order valence-corrected chi connectivity index (χ2v) is 6.62. The van der Waals surface area contributed by atoms with E-state index in [0.29, 0.717) is 0 Å². The van der Waals surface area contributed by atoms with E-state index in [9.17, 15) is 13.2 Å². The van der Waals surface area contributed by atoms with Crippen LogP contribution in [0, 0.1) is 0 Å². The second kappa shape index (κ2) is 5.32. The van der Waals surface area contributed by atoms with E-state index in [4.69, 9.17) is 10.2 Å². The number of sulfonamides is 1. The van der Waals surface area contributed by atoms with Crippen LogP contribution in [0.4, 0.5) is 0 Å². The van der Waals surface area contributed by atoms with Crippen LogP contribution in [0.1, 0.15) is 30.8 Å². The number of aliphatic hydroxyl groups excluding tert-OH is 1. The molecule has 0 spiro atoms. The molecule has 0 aliphatic carbocycles. The summed E-state index contributed by atoms with van der Waals surface area (Å²) in [7, 11) is -2.36. The van der Waals surface area contributed by atoms with Crippen molar-refractivity contribution in [2.75, 3.05) is 6.61 Å². The van der Waals surface area contributed by atoms with Crippen molar-refractivity contribution in [3.63, 3.8) is 0 Å². The highest BCUT2D eigenvalue weighted by Crippen LogP contribution is 2.17. The molecule has 108 valence electrons. The maximum Gasteiger partial charge on any atom is 0.352 e. The van der Waals surface area contributed by atoms with Gasteiger partial charge in [0.15, 0.2) is 0 Å². The molecule has 0 aliphatic rings. The van der Waals surface area contributed by atoms with Gasteiger partial charge in [0.05, 0.1) is 0 Å². The van der Waals surface area contributed by atoms with Gasteiger partial charge in [-0.15, -0.1) is 0 Å². The molecule has 19 heavy (non-hydrogen) atoms. The van der Waals surface area contributed by atoms with Crippen molar-refractivity contribution in [3.8, 4) is 0 Å². The summed E-state index contributed by atoms with van der Waals surface area (Å²) in [5, 5.41) is 17.8. The number of aryl methyl sites for hydroxylation is 1. The zero-order valence-electron chi connectivity index (χ0n) is 11.0. The van der Waals surface area contributed by atoms with Crippen molar-refractivity contribution in [1.29, 1.82) is 0 Å². The maximum absolute atomic E-state index is 12.1. The number of hydrogen-bond acceptors (Lipinski definition) is 4. The highest BCUT2D eigenvalue weighted by molar-refractivity contribution is 7.89. The molecule has 0 aromatic carbocycles. The fourth-order valence-corrected chi connectivity index (χ4v) is 3.16. The smallest absolute Gasteiger partial charge is 0.352 e. The molecule has 0 fully saturated rings. The third kappa shape index (κ3) is 3.79. The average molecular weight is 290 g/mol. The van der Waals surface area contributed by atoms with Gasteiger partial charge in [-0.05, 0) is 26.3 Å². The van der Waals surface area contributed by atoms with Gasteiger partial charge < -0.3 is 14.8 Å². The molecule has 1 heterocycles. The zero-order valence-corrected chi connectivity index (χ0v) is 11.9. The number of aromatic nitrogens is 1. The molecule has 3 N–H and O–H groups in total. The van der Waals surface area contributed by atoms with Gasteiger partial charge >= 0.3 is 5.97 Å². The predicted molar refractivity (Wildman–Crippen MR) is 68.5 cm³/mol. The van der Waals surface area contributed by atoms with Crippen LogP contribution >= 0.6 is 0 Å². The molecular weight excluding hydrogens is 272 g/mol. The lowest BCUT2D eigenvalue weighted by Crippen LogP contribution is -2.43. The number of hydrogen-bond donors (Lipinski definition) is 3. The summed E-state index contributed by atoms with van der Waals surface area (Å²) < 4.78 is 27.9. The first kappa shape index (κ1) is 15.7. The molecule has 0 atom stereocenters. The Labute approximate surface area is 111 Å². The van der Waals surface area contributed by atoms with Crippen molar-refractivity contribution in [1.82, 2.24) is 9.29 Å². The topological polar surface area (TPSA) is 109 Å². The number of carboxylic acids is 1. The quantitative estimate of drug-likeness (QED) is 0.691. The predicted octanol–water partition coefficient (Wildman–Crippen LogP) is 0.163. The average Bonchev–Trinajstić information content (AvgIpc) is 2.58. The van der Waals surface area contributed by atoms with Gasteiger partial charge in [-0.2, -0.15) is 0 Å². The van der Waals surface area contributed by atoms with E-state index in [2.05, 4.69) is 4.72 Å². The van der Waals surface area contributed by atoms with E-state index in [1.54, 1.807) is 13.8 Å². The van der Waals surface area contributed by atoms with Gasteiger partial charge in [0, 0.05) is 25.4 Å². The molecule has 7 nitrogen and oxygen atoms in total. The first-order valence-electron chi connectivity index (χ1n) is 5.63. The van der Waals surface area contributed by atoms with Crippen LogP contribution in [-0.2, 0) is 17.1 Å².